The van der Waals surface area contributed by atoms with Gasteiger partial charge in [0.1, 0.15) is 11.9 Å². The molecule has 0 radical (unpaired) electrons. The van der Waals surface area contributed by atoms with Crippen LogP contribution in [-0.2, 0) is 23.0 Å². The fourth-order valence-corrected chi connectivity index (χ4v) is 4.63. The molecule has 11 heteroatoms. The third-order valence-corrected chi connectivity index (χ3v) is 7.09. The summed E-state index contributed by atoms with van der Waals surface area (Å²) in [6, 6.07) is 20.5. The number of nitrogens with zero attached hydrogens (tertiary/aromatic N) is 3. The molecule has 0 aliphatic carbocycles. The number of sulfonamides is 1. The number of nitrogens with one attached hydrogen (secondary N) is 1. The van der Waals surface area contributed by atoms with Crippen LogP contribution in [0.1, 0.15) is 47.1 Å². The van der Waals surface area contributed by atoms with Crippen molar-refractivity contribution in [1.29, 1.82) is 5.26 Å². The van der Waals surface area contributed by atoms with Crippen LogP contribution in [0.2, 0.25) is 0 Å². The van der Waals surface area contributed by atoms with Crippen molar-refractivity contribution in [3.8, 4) is 17.2 Å². The summed E-state index contributed by atoms with van der Waals surface area (Å²) in [5.74, 6) is -0.516. The topological polar surface area (TPSA) is 105 Å². The molecule has 7 nitrogen and oxygen atoms in total. The second kappa shape index (κ2) is 10.7. The summed E-state index contributed by atoms with van der Waals surface area (Å²) in [4.78, 5) is 17.2. The highest BCUT2D eigenvalue weighted by Gasteiger charge is 2.47. The molecule has 0 unspecified atom stereocenters. The highest BCUT2D eigenvalue weighted by atomic mass is 32.2. The highest BCUT2D eigenvalue weighted by Crippen LogP contribution is 2.28. The number of carbonyl (C=O) groups is 1. The Kier molecular flexibility index (Phi) is 7.55. The van der Waals surface area contributed by atoms with E-state index < -0.39 is 21.4 Å². The average molecular weight is 541 g/mol. The number of nitriles is 1. The van der Waals surface area contributed by atoms with Gasteiger partial charge in [-0.2, -0.15) is 26.9 Å². The van der Waals surface area contributed by atoms with E-state index in [2.05, 4.69) is 13.0 Å². The molecule has 4 aromatic rings. The van der Waals surface area contributed by atoms with Crippen LogP contribution in [0.5, 0.6) is 0 Å². The molecule has 0 fully saturated rings. The van der Waals surface area contributed by atoms with Crippen LogP contribution in [0.25, 0.3) is 22.2 Å². The van der Waals surface area contributed by atoms with Crippen molar-refractivity contribution in [2.45, 2.75) is 38.2 Å². The van der Waals surface area contributed by atoms with Crippen molar-refractivity contribution < 1.29 is 26.4 Å². The fraction of sp³-hybridized carbons (Fsp3) is 0.222. The maximum Gasteiger partial charge on any atom is 0.516 e. The zero-order valence-electron chi connectivity index (χ0n) is 20.3. The van der Waals surface area contributed by atoms with E-state index in [0.29, 0.717) is 17.7 Å². The summed E-state index contributed by atoms with van der Waals surface area (Å²) in [5, 5.41) is 9.64. The van der Waals surface area contributed by atoms with Gasteiger partial charge >= 0.3 is 15.5 Å². The fourth-order valence-electron chi connectivity index (χ4n) is 4.16. The van der Waals surface area contributed by atoms with E-state index in [-0.39, 0.29) is 11.1 Å². The van der Waals surface area contributed by atoms with Crippen molar-refractivity contribution in [2.75, 3.05) is 0 Å². The number of para-hydroxylation sites is 1. The molecule has 1 N–H and O–H groups in total. The smallest absolute Gasteiger partial charge is 0.322 e. The number of aryl methyl sites for hydroxylation is 1. The Morgan fingerprint density at radius 2 is 1.76 bits per heavy atom. The van der Waals surface area contributed by atoms with Crippen LogP contribution < -0.4 is 4.72 Å². The summed E-state index contributed by atoms with van der Waals surface area (Å²) < 4.78 is 64.2. The molecule has 4 rings (SSSR count). The van der Waals surface area contributed by atoms with E-state index in [4.69, 9.17) is 4.98 Å². The molecule has 38 heavy (non-hydrogen) atoms. The van der Waals surface area contributed by atoms with Gasteiger partial charge < -0.3 is 4.57 Å². The van der Waals surface area contributed by atoms with Gasteiger partial charge in [-0.15, -0.1) is 0 Å². The van der Waals surface area contributed by atoms with Crippen LogP contribution in [-0.4, -0.2) is 29.4 Å². The van der Waals surface area contributed by atoms with Gasteiger partial charge in [-0.1, -0.05) is 61.9 Å². The molecule has 1 heterocycles. The van der Waals surface area contributed by atoms with E-state index in [0.717, 1.165) is 46.4 Å². The monoisotopic (exact) mass is 540 g/mol. The summed E-state index contributed by atoms with van der Waals surface area (Å²) in [6.45, 7) is 2.52. The second-order valence-electron chi connectivity index (χ2n) is 8.63. The lowest BCUT2D eigenvalue weighted by Gasteiger charge is -2.13. The van der Waals surface area contributed by atoms with Crippen molar-refractivity contribution in [2.24, 2.45) is 0 Å². The van der Waals surface area contributed by atoms with Crippen molar-refractivity contribution in [3.63, 3.8) is 0 Å². The van der Waals surface area contributed by atoms with E-state index in [1.807, 2.05) is 10.6 Å². The van der Waals surface area contributed by atoms with Crippen LogP contribution in [0.3, 0.4) is 0 Å². The van der Waals surface area contributed by atoms with Crippen molar-refractivity contribution >= 4 is 27.0 Å². The summed E-state index contributed by atoms with van der Waals surface area (Å²) in [7, 11) is -5.85. The van der Waals surface area contributed by atoms with Gasteiger partial charge in [0, 0.05) is 18.5 Å². The standard InChI is InChI=1S/C27H23F3N4O3S/c1-2-3-11-24-32-23-10-6-7-20(16-31)25(23)34(24)17-18-12-14-19(15-13-18)21-8-4-5-9-22(21)26(35)33-38(36,37)27(28,29)30/h4-10,12-15H,2-3,11,17H2,1H3,(H,33,35). The molecule has 1 amide bonds. The molecule has 0 aliphatic heterocycles. The molecule has 196 valence electrons. The minimum Gasteiger partial charge on any atom is -0.322 e. The number of hydrogen-bond donors (Lipinski definition) is 1. The third-order valence-electron chi connectivity index (χ3n) is 6.03. The zero-order valence-corrected chi connectivity index (χ0v) is 21.1. The zero-order chi connectivity index (χ0) is 27.5. The second-order valence-corrected chi connectivity index (χ2v) is 10.3. The Morgan fingerprint density at radius 1 is 1.05 bits per heavy atom. The Labute approximate surface area is 217 Å². The number of benzene rings is 3. The molecular weight excluding hydrogens is 517 g/mol. The Balaban J connectivity index is 1.66. The Morgan fingerprint density at radius 3 is 2.42 bits per heavy atom. The Bertz CT molecular complexity index is 1640. The normalized spacial score (nSPS) is 11.9. The average Bonchev–Trinajstić information content (AvgIpc) is 3.24. The van der Waals surface area contributed by atoms with Gasteiger partial charge in [0.25, 0.3) is 5.91 Å². The van der Waals surface area contributed by atoms with Gasteiger partial charge in [-0.3, -0.25) is 4.79 Å². The van der Waals surface area contributed by atoms with E-state index in [1.165, 1.54) is 18.2 Å². The van der Waals surface area contributed by atoms with E-state index in [1.54, 1.807) is 42.5 Å². The first kappa shape index (κ1) is 26.9. The van der Waals surface area contributed by atoms with Crippen LogP contribution >= 0.6 is 0 Å². The number of rotatable bonds is 8. The number of fused-ring (bicyclic) bond motifs is 1. The minimum absolute atomic E-state index is 0.214. The number of hydrogen-bond acceptors (Lipinski definition) is 5. The van der Waals surface area contributed by atoms with Crippen LogP contribution in [0.15, 0.2) is 66.7 Å². The van der Waals surface area contributed by atoms with Gasteiger partial charge in [-0.05, 0) is 41.3 Å². The molecule has 0 aliphatic rings. The molecule has 0 bridgehead atoms. The predicted octanol–water partition coefficient (Wildman–Crippen LogP) is 5.55. The predicted molar refractivity (Wildman–Crippen MR) is 136 cm³/mol. The molecule has 0 saturated heterocycles. The van der Waals surface area contributed by atoms with E-state index in [9.17, 15) is 31.6 Å². The van der Waals surface area contributed by atoms with Crippen LogP contribution in [0.4, 0.5) is 13.2 Å². The molecule has 0 spiro atoms. The SMILES string of the molecule is CCCCc1nc2cccc(C#N)c2n1Cc1ccc(-c2ccccc2C(=O)NS(=O)(=O)C(F)(F)F)cc1. The number of imidazole rings is 1. The minimum atomic E-state index is -5.85. The van der Waals surface area contributed by atoms with Crippen molar-refractivity contribution in [1.82, 2.24) is 14.3 Å². The molecule has 3 aromatic carbocycles. The maximum atomic E-state index is 12.7. The largest absolute Gasteiger partial charge is 0.516 e. The number of halogens is 3. The third kappa shape index (κ3) is 5.40. The molecule has 1 aromatic heterocycles. The highest BCUT2D eigenvalue weighted by molar-refractivity contribution is 7.90. The lowest BCUT2D eigenvalue weighted by Crippen LogP contribution is -2.40. The van der Waals surface area contributed by atoms with Gasteiger partial charge in [0.15, 0.2) is 0 Å². The first-order chi connectivity index (χ1) is 18.1. The number of carbonyl (C=O) groups excluding carboxylic acids is 1. The molecular formula is C27H23F3N4O3S. The summed E-state index contributed by atoms with van der Waals surface area (Å²) in [5.41, 5.74) is -2.16. The van der Waals surface area contributed by atoms with E-state index >= 15 is 0 Å². The van der Waals surface area contributed by atoms with Crippen LogP contribution in [0, 0.1) is 11.3 Å². The quantitative estimate of drug-likeness (QED) is 0.316. The number of alkyl halides is 3. The maximum absolute atomic E-state index is 12.7. The van der Waals surface area contributed by atoms with Gasteiger partial charge in [0.05, 0.1) is 16.6 Å². The lowest BCUT2D eigenvalue weighted by molar-refractivity contribution is -0.0446. The molecule has 0 atom stereocenters. The number of amides is 1. The van der Waals surface area contributed by atoms with Gasteiger partial charge in [-0.25, -0.2) is 9.71 Å². The Hall–Kier alpha value is -4.17. The molecule has 0 saturated carbocycles. The lowest BCUT2D eigenvalue weighted by atomic mass is 9.98. The first-order valence-electron chi connectivity index (χ1n) is 11.8. The summed E-state index contributed by atoms with van der Waals surface area (Å²) in [6.07, 6.45) is 2.67. The number of unbranched alkanes of at least 4 members (excludes halogenated alkanes) is 1. The van der Waals surface area contributed by atoms with Crippen molar-refractivity contribution in [3.05, 3.63) is 89.2 Å². The first-order valence-corrected chi connectivity index (χ1v) is 13.2. The van der Waals surface area contributed by atoms with Gasteiger partial charge in [0.2, 0.25) is 0 Å². The number of aromatic nitrogens is 2. The summed E-state index contributed by atoms with van der Waals surface area (Å²) >= 11 is 0.